The molecule has 15 nitrogen and oxygen atoms in total. The van der Waals surface area contributed by atoms with E-state index in [-0.39, 0.29) is 71.4 Å². The number of nitrogens with one attached hydrogen (secondary N) is 1. The zero-order valence-corrected chi connectivity index (χ0v) is 41.8. The van der Waals surface area contributed by atoms with Crippen molar-refractivity contribution in [1.29, 1.82) is 0 Å². The van der Waals surface area contributed by atoms with E-state index in [2.05, 4.69) is 39.7 Å². The molecule has 0 aromatic rings. The van der Waals surface area contributed by atoms with E-state index in [1.807, 2.05) is 6.08 Å². The van der Waals surface area contributed by atoms with Gasteiger partial charge in [-0.15, -0.1) is 0 Å². The van der Waals surface area contributed by atoms with Crippen molar-refractivity contribution in [3.63, 3.8) is 0 Å². The van der Waals surface area contributed by atoms with Crippen LogP contribution in [0.25, 0.3) is 0 Å². The van der Waals surface area contributed by atoms with Crippen molar-refractivity contribution in [1.82, 2.24) is 5.32 Å². The Labute approximate surface area is 451 Å². The van der Waals surface area contributed by atoms with Crippen LogP contribution in [0.2, 0.25) is 0 Å². The van der Waals surface area contributed by atoms with Crippen LogP contribution in [0.4, 0.5) is 0 Å². The van der Waals surface area contributed by atoms with Gasteiger partial charge in [-0.05, 0) is 44.9 Å². The molecule has 1 heterocycles. The average Bonchev–Trinajstić information content (AvgIpc) is 3.25. The summed E-state index contributed by atoms with van der Waals surface area (Å²) in [6, 6.07) is -1.09. The third-order valence-electron chi connectivity index (χ3n) is 11.9. The van der Waals surface area contributed by atoms with E-state index in [1.54, 1.807) is 0 Å². The van der Waals surface area contributed by atoms with Crippen LogP contribution in [0.15, 0.2) is 24.3 Å². The first-order valence-corrected chi connectivity index (χ1v) is 28.1. The summed E-state index contributed by atoms with van der Waals surface area (Å²) in [5.41, 5.74) is 0. The minimum atomic E-state index is -5.23. The number of carbonyl (C=O) groups excluding carboxylic acids is 1. The molecular formula is C48H93NNa2O14S2. The molecule has 0 aromatic carbocycles. The summed E-state index contributed by atoms with van der Waals surface area (Å²) in [5, 5.41) is 35.1. The van der Waals surface area contributed by atoms with Gasteiger partial charge in [0.15, 0.2) is 12.4 Å². The summed E-state index contributed by atoms with van der Waals surface area (Å²) < 4.78 is 84.0. The second-order valence-electron chi connectivity index (χ2n) is 17.9. The Morgan fingerprint density at radius 2 is 1.00 bits per heavy atom. The third-order valence-corrected chi connectivity index (χ3v) is 12.8. The van der Waals surface area contributed by atoms with Gasteiger partial charge in [0.25, 0.3) is 0 Å². The number of allylic oxidation sites excluding steroid dienone is 3. The van der Waals surface area contributed by atoms with E-state index in [0.717, 1.165) is 44.9 Å². The summed E-state index contributed by atoms with van der Waals surface area (Å²) in [6.45, 7) is 2.95. The molecule has 19 heteroatoms. The van der Waals surface area contributed by atoms with Gasteiger partial charge in [-0.2, -0.15) is 16.8 Å². The molecule has 1 saturated heterocycles. The Hall–Kier alpha value is 0.490. The molecule has 1 aliphatic heterocycles. The van der Waals surface area contributed by atoms with E-state index < -0.39 is 76.9 Å². The molecule has 6 N–H and O–H groups in total. The fraction of sp³-hybridized carbons (Fsp3) is 0.896. The number of aliphatic hydroxyl groups excluding tert-OH is 3. The molecule has 67 heavy (non-hydrogen) atoms. The second kappa shape index (κ2) is 45.1. The molecule has 1 amide bonds. The van der Waals surface area contributed by atoms with Crippen molar-refractivity contribution < 1.29 is 63.9 Å². The fourth-order valence-electron chi connectivity index (χ4n) is 7.99. The SMILES string of the molecule is CCCCCCCC/C=C\CCCCCCCCCCCCCC(=O)N[C@@H](CO[C@@H]1O[C@H](COS(=O)(=O)O)[C@H](O)[C@H](O)[C@H]1OS(=O)(=O)O)[C@H](O)/C=C/CCCCCCCCCCCCC.[NaH].[NaH]. The average molecular weight is 1020 g/mol. The third kappa shape index (κ3) is 40.6. The van der Waals surface area contributed by atoms with Crippen LogP contribution in [0.1, 0.15) is 219 Å². The van der Waals surface area contributed by atoms with Crippen molar-refractivity contribution in [2.45, 2.75) is 262 Å². The number of amides is 1. The van der Waals surface area contributed by atoms with E-state index in [1.165, 1.54) is 147 Å². The van der Waals surface area contributed by atoms with E-state index in [4.69, 9.17) is 14.0 Å². The van der Waals surface area contributed by atoms with Gasteiger partial charge in [0.2, 0.25) is 5.91 Å². The molecule has 0 radical (unpaired) electrons. The first-order chi connectivity index (χ1) is 31.2. The van der Waals surface area contributed by atoms with Gasteiger partial charge in [-0.25, -0.2) is 8.37 Å². The fourth-order valence-corrected chi connectivity index (χ4v) is 8.78. The number of hydrogen-bond donors (Lipinski definition) is 6. The number of aliphatic hydroxyl groups is 3. The van der Waals surface area contributed by atoms with Crippen molar-refractivity contribution in [3.8, 4) is 0 Å². The monoisotopic (exact) mass is 1020 g/mol. The van der Waals surface area contributed by atoms with Gasteiger partial charge in [0.1, 0.15) is 18.3 Å². The van der Waals surface area contributed by atoms with Gasteiger partial charge >= 0.3 is 79.9 Å². The van der Waals surface area contributed by atoms with Crippen molar-refractivity contribution in [2.75, 3.05) is 13.2 Å². The van der Waals surface area contributed by atoms with Crippen LogP contribution in [-0.4, -0.2) is 162 Å². The molecular weight excluding hydrogens is 925 g/mol. The number of carbonyl (C=O) groups is 1. The van der Waals surface area contributed by atoms with Gasteiger partial charge in [-0.1, -0.05) is 192 Å². The Bertz CT molecular complexity index is 1440. The zero-order valence-electron chi connectivity index (χ0n) is 40.1. The minimum absolute atomic E-state index is 0. The first kappa shape index (κ1) is 69.6. The van der Waals surface area contributed by atoms with Crippen LogP contribution >= 0.6 is 0 Å². The number of unbranched alkanes of at least 4 members (excludes halogenated alkanes) is 28. The zero-order chi connectivity index (χ0) is 48.0. The second-order valence-corrected chi connectivity index (χ2v) is 20.1. The number of ether oxygens (including phenoxy) is 2. The molecule has 0 bridgehead atoms. The van der Waals surface area contributed by atoms with Gasteiger partial charge in [0.05, 0.1) is 25.4 Å². The molecule has 1 aliphatic rings. The Morgan fingerprint density at radius 3 is 1.42 bits per heavy atom. The molecule has 0 aromatic heterocycles. The Balaban J connectivity index is 0. The normalized spacial score (nSPS) is 19.9. The summed E-state index contributed by atoms with van der Waals surface area (Å²) in [7, 11) is -10.2. The summed E-state index contributed by atoms with van der Waals surface area (Å²) in [5.74, 6) is -0.352. The molecule has 0 spiro atoms. The van der Waals surface area contributed by atoms with Crippen molar-refractivity contribution >= 4 is 85.8 Å². The van der Waals surface area contributed by atoms with Crippen LogP contribution in [0, 0.1) is 0 Å². The van der Waals surface area contributed by atoms with E-state index in [0.29, 0.717) is 12.8 Å². The van der Waals surface area contributed by atoms with E-state index in [9.17, 15) is 41.5 Å². The van der Waals surface area contributed by atoms with Crippen molar-refractivity contribution in [2.24, 2.45) is 0 Å². The van der Waals surface area contributed by atoms with Crippen LogP contribution < -0.4 is 5.32 Å². The molecule has 7 atom stereocenters. The predicted molar refractivity (Wildman–Crippen MR) is 270 cm³/mol. The Kier molecular flexibility index (Phi) is 46.9. The maximum atomic E-state index is 13.1. The maximum absolute atomic E-state index is 13.1. The summed E-state index contributed by atoms with van der Waals surface area (Å²) in [4.78, 5) is 13.1. The predicted octanol–water partition coefficient (Wildman–Crippen LogP) is 8.64. The van der Waals surface area contributed by atoms with E-state index >= 15 is 0 Å². The van der Waals surface area contributed by atoms with Crippen molar-refractivity contribution in [3.05, 3.63) is 24.3 Å². The summed E-state index contributed by atoms with van der Waals surface area (Å²) in [6.07, 6.45) is 33.9. The standard InChI is InChI=1S/C48H91NO14S2.2Na.2H/c1-3-5-7-9-11-13-15-17-18-19-20-21-22-23-24-26-28-30-32-34-36-38-44(51)49-41(42(50)37-35-33-31-29-27-25-16-14-12-10-8-6-4-2)39-60-48-47(63-65(57,58)59)46(53)45(52)43(62-48)40-61-64(54,55)56;;;;/h17-18,35,37,41-43,45-48,50,52-53H,3-16,19-34,36,38-40H2,1-2H3,(H,49,51)(H,54,55,56)(H,57,58,59);;;;/b18-17-,37-35+;;;;/t41-,42+,43+,45-,46-,47+,48+;;;;/m0..../s1. The quantitative estimate of drug-likeness (QED) is 0.0145. The molecule has 1 fully saturated rings. The van der Waals surface area contributed by atoms with Gasteiger partial charge in [-0.3, -0.25) is 13.9 Å². The number of rotatable bonds is 44. The topological polar surface area (TPSA) is 235 Å². The Morgan fingerprint density at radius 1 is 0.597 bits per heavy atom. The molecule has 0 unspecified atom stereocenters. The van der Waals surface area contributed by atoms with Crippen LogP contribution in [-0.2, 0) is 43.4 Å². The molecule has 0 aliphatic carbocycles. The molecule has 388 valence electrons. The first-order valence-electron chi connectivity index (χ1n) is 25.4. The van der Waals surface area contributed by atoms with Gasteiger partial charge < -0.3 is 30.1 Å². The van der Waals surface area contributed by atoms with Crippen LogP contribution in [0.5, 0.6) is 0 Å². The number of hydrogen-bond acceptors (Lipinski definition) is 12. The summed E-state index contributed by atoms with van der Waals surface area (Å²) >= 11 is 0. The van der Waals surface area contributed by atoms with Crippen LogP contribution in [0.3, 0.4) is 0 Å². The molecule has 0 saturated carbocycles. The molecule has 1 rings (SSSR count). The van der Waals surface area contributed by atoms with Gasteiger partial charge in [0, 0.05) is 6.42 Å².